The highest BCUT2D eigenvalue weighted by molar-refractivity contribution is 7.16. The molecule has 0 spiro atoms. The van der Waals surface area contributed by atoms with E-state index in [0.29, 0.717) is 6.54 Å². The van der Waals surface area contributed by atoms with E-state index in [1.807, 2.05) is 17.0 Å². The largest absolute Gasteiger partial charge is 0.342 e. The summed E-state index contributed by atoms with van der Waals surface area (Å²) in [6.07, 6.45) is 2.28. The summed E-state index contributed by atoms with van der Waals surface area (Å²) >= 11 is 7.44. The number of nitrogens with one attached hydrogen (secondary N) is 1. The summed E-state index contributed by atoms with van der Waals surface area (Å²) in [5.41, 5.74) is 0. The molecule has 0 aliphatic carbocycles. The minimum Gasteiger partial charge on any atom is -0.342 e. The van der Waals surface area contributed by atoms with Crippen LogP contribution in [0.25, 0.3) is 0 Å². The second-order valence-electron chi connectivity index (χ2n) is 4.33. The molecule has 1 aliphatic heterocycles. The standard InChI is InChI=1S/C12H17ClN2OS/c1-9(10-4-5-11(13)17-10)14-8-12(16)15-6-2-3-7-15/h4-5,9,14H,2-3,6-8H2,1H3. The van der Waals surface area contributed by atoms with Gasteiger partial charge in [-0.25, -0.2) is 0 Å². The van der Waals surface area contributed by atoms with Gasteiger partial charge in [0.1, 0.15) is 0 Å². The van der Waals surface area contributed by atoms with Crippen molar-refractivity contribution in [1.29, 1.82) is 0 Å². The Kier molecular flexibility index (Phi) is 4.42. The number of likely N-dealkylation sites (tertiary alicyclic amines) is 1. The van der Waals surface area contributed by atoms with Crippen LogP contribution in [-0.4, -0.2) is 30.4 Å². The molecule has 94 valence electrons. The fourth-order valence-electron chi connectivity index (χ4n) is 1.98. The Morgan fingerprint density at radius 2 is 2.24 bits per heavy atom. The molecule has 17 heavy (non-hydrogen) atoms. The van der Waals surface area contributed by atoms with Crippen molar-refractivity contribution >= 4 is 28.8 Å². The summed E-state index contributed by atoms with van der Waals surface area (Å²) in [4.78, 5) is 14.9. The van der Waals surface area contributed by atoms with Crippen LogP contribution >= 0.6 is 22.9 Å². The molecule has 3 nitrogen and oxygen atoms in total. The molecule has 1 N–H and O–H groups in total. The highest BCUT2D eigenvalue weighted by Crippen LogP contribution is 2.26. The average molecular weight is 273 g/mol. The maximum atomic E-state index is 11.8. The maximum Gasteiger partial charge on any atom is 0.236 e. The fourth-order valence-corrected chi connectivity index (χ4v) is 3.07. The Hall–Kier alpha value is -0.580. The lowest BCUT2D eigenvalue weighted by Gasteiger charge is -2.17. The van der Waals surface area contributed by atoms with Crippen LogP contribution in [-0.2, 0) is 4.79 Å². The summed E-state index contributed by atoms with van der Waals surface area (Å²) in [5, 5.41) is 3.25. The van der Waals surface area contributed by atoms with Gasteiger partial charge in [0.15, 0.2) is 0 Å². The first-order chi connectivity index (χ1) is 8.16. The van der Waals surface area contributed by atoms with Gasteiger partial charge in [-0.1, -0.05) is 11.6 Å². The molecule has 1 aliphatic rings. The summed E-state index contributed by atoms with van der Waals surface area (Å²) in [5.74, 6) is 0.206. The van der Waals surface area contributed by atoms with E-state index >= 15 is 0 Å². The van der Waals surface area contributed by atoms with Crippen molar-refractivity contribution in [3.63, 3.8) is 0 Å². The van der Waals surface area contributed by atoms with Crippen LogP contribution in [0.2, 0.25) is 4.34 Å². The molecule has 1 atom stereocenters. The minimum absolute atomic E-state index is 0.180. The normalized spacial score (nSPS) is 17.4. The second kappa shape index (κ2) is 5.85. The van der Waals surface area contributed by atoms with E-state index < -0.39 is 0 Å². The summed E-state index contributed by atoms with van der Waals surface area (Å²) in [7, 11) is 0. The van der Waals surface area contributed by atoms with Gasteiger partial charge in [-0.05, 0) is 31.9 Å². The molecular formula is C12H17ClN2OS. The molecule has 1 aromatic heterocycles. The number of hydrogen-bond donors (Lipinski definition) is 1. The monoisotopic (exact) mass is 272 g/mol. The third-order valence-corrected chi connectivity index (χ3v) is 4.45. The van der Waals surface area contributed by atoms with E-state index in [-0.39, 0.29) is 11.9 Å². The van der Waals surface area contributed by atoms with Gasteiger partial charge in [0.2, 0.25) is 5.91 Å². The van der Waals surface area contributed by atoms with E-state index in [0.717, 1.165) is 30.3 Å². The zero-order chi connectivity index (χ0) is 12.3. The van der Waals surface area contributed by atoms with Crippen LogP contribution < -0.4 is 5.32 Å². The first kappa shape index (κ1) is 12.9. The van der Waals surface area contributed by atoms with Gasteiger partial charge in [-0.15, -0.1) is 11.3 Å². The van der Waals surface area contributed by atoms with E-state index in [9.17, 15) is 4.79 Å². The second-order valence-corrected chi connectivity index (χ2v) is 6.08. The Balaban J connectivity index is 1.79. The van der Waals surface area contributed by atoms with Crippen molar-refractivity contribution in [2.45, 2.75) is 25.8 Å². The number of amides is 1. The highest BCUT2D eigenvalue weighted by Gasteiger charge is 2.18. The SMILES string of the molecule is CC(NCC(=O)N1CCCC1)c1ccc(Cl)s1. The molecule has 1 saturated heterocycles. The van der Waals surface area contributed by atoms with Crippen LogP contribution in [0.3, 0.4) is 0 Å². The summed E-state index contributed by atoms with van der Waals surface area (Å²) in [6.45, 7) is 4.30. The van der Waals surface area contributed by atoms with Gasteiger partial charge in [0.05, 0.1) is 10.9 Å². The van der Waals surface area contributed by atoms with Crippen LogP contribution in [0.4, 0.5) is 0 Å². The number of thiophene rings is 1. The molecule has 1 amide bonds. The quantitative estimate of drug-likeness (QED) is 0.914. The maximum absolute atomic E-state index is 11.8. The molecule has 0 saturated carbocycles. The van der Waals surface area contributed by atoms with Crippen LogP contribution in [0, 0.1) is 0 Å². The third kappa shape index (κ3) is 3.44. The number of hydrogen-bond acceptors (Lipinski definition) is 3. The first-order valence-corrected chi connectivity index (χ1v) is 7.12. The Morgan fingerprint density at radius 1 is 1.53 bits per heavy atom. The summed E-state index contributed by atoms with van der Waals surface area (Å²) in [6, 6.07) is 4.08. The molecule has 0 aromatic carbocycles. The lowest BCUT2D eigenvalue weighted by molar-refractivity contribution is -0.129. The van der Waals surface area contributed by atoms with Crippen LogP contribution in [0.15, 0.2) is 12.1 Å². The van der Waals surface area contributed by atoms with Crippen molar-refractivity contribution < 1.29 is 4.79 Å². The Labute approximate surface area is 111 Å². The van der Waals surface area contributed by atoms with E-state index in [1.54, 1.807) is 11.3 Å². The van der Waals surface area contributed by atoms with Crippen molar-refractivity contribution in [2.75, 3.05) is 19.6 Å². The van der Waals surface area contributed by atoms with Crippen molar-refractivity contribution in [3.05, 3.63) is 21.3 Å². The van der Waals surface area contributed by atoms with Crippen molar-refractivity contribution in [1.82, 2.24) is 10.2 Å². The predicted molar refractivity (Wildman–Crippen MR) is 71.6 cm³/mol. The molecule has 2 rings (SSSR count). The molecule has 0 bridgehead atoms. The molecule has 5 heteroatoms. The zero-order valence-corrected chi connectivity index (χ0v) is 11.5. The van der Waals surface area contributed by atoms with Crippen molar-refractivity contribution in [3.8, 4) is 0 Å². The van der Waals surface area contributed by atoms with E-state index in [1.165, 1.54) is 4.88 Å². The van der Waals surface area contributed by atoms with Gasteiger partial charge >= 0.3 is 0 Å². The van der Waals surface area contributed by atoms with Crippen molar-refractivity contribution in [2.24, 2.45) is 0 Å². The van der Waals surface area contributed by atoms with Gasteiger partial charge in [0, 0.05) is 24.0 Å². The fraction of sp³-hybridized carbons (Fsp3) is 0.583. The number of halogens is 1. The molecule has 0 radical (unpaired) electrons. The third-order valence-electron chi connectivity index (χ3n) is 3.04. The average Bonchev–Trinajstić information content (AvgIpc) is 2.95. The smallest absolute Gasteiger partial charge is 0.236 e. The molecule has 1 aromatic rings. The van der Waals surface area contributed by atoms with E-state index in [4.69, 9.17) is 11.6 Å². The van der Waals surface area contributed by atoms with E-state index in [2.05, 4.69) is 12.2 Å². The number of rotatable bonds is 4. The Bertz CT molecular complexity index is 388. The topological polar surface area (TPSA) is 32.3 Å². The van der Waals surface area contributed by atoms with Crippen LogP contribution in [0.5, 0.6) is 0 Å². The van der Waals surface area contributed by atoms with Gasteiger partial charge in [0.25, 0.3) is 0 Å². The van der Waals surface area contributed by atoms with Gasteiger partial charge in [-0.3, -0.25) is 4.79 Å². The molecule has 1 fully saturated rings. The van der Waals surface area contributed by atoms with Gasteiger partial charge in [-0.2, -0.15) is 0 Å². The van der Waals surface area contributed by atoms with Gasteiger partial charge < -0.3 is 10.2 Å². The molecular weight excluding hydrogens is 256 g/mol. The number of carbonyl (C=O) groups is 1. The zero-order valence-electron chi connectivity index (χ0n) is 9.91. The molecule has 1 unspecified atom stereocenters. The molecule has 2 heterocycles. The number of nitrogens with zero attached hydrogens (tertiary/aromatic N) is 1. The summed E-state index contributed by atoms with van der Waals surface area (Å²) < 4.78 is 0.791. The lowest BCUT2D eigenvalue weighted by Crippen LogP contribution is -2.36. The van der Waals surface area contributed by atoms with Crippen LogP contribution in [0.1, 0.15) is 30.7 Å². The Morgan fingerprint density at radius 3 is 2.82 bits per heavy atom. The predicted octanol–water partition coefficient (Wildman–Crippen LogP) is 2.67. The first-order valence-electron chi connectivity index (χ1n) is 5.93. The lowest BCUT2D eigenvalue weighted by atomic mass is 10.3. The highest BCUT2D eigenvalue weighted by atomic mass is 35.5. The minimum atomic E-state index is 0.180. The number of carbonyl (C=O) groups excluding carboxylic acids is 1.